The van der Waals surface area contributed by atoms with Gasteiger partial charge in [-0.15, -0.1) is 0 Å². The lowest BCUT2D eigenvalue weighted by atomic mass is 9.73. The fourth-order valence-corrected chi connectivity index (χ4v) is 6.49. The molecule has 2 fully saturated rings. The van der Waals surface area contributed by atoms with E-state index in [1.807, 2.05) is 48.5 Å². The first kappa shape index (κ1) is 25.1. The molecule has 0 unspecified atom stereocenters. The largest absolute Gasteiger partial charge is 0.369 e. The molecule has 3 aromatic carbocycles. The Morgan fingerprint density at radius 3 is 2.46 bits per heavy atom. The summed E-state index contributed by atoms with van der Waals surface area (Å²) in [6.45, 7) is 1.73. The number of carbonyl (C=O) groups excluding carboxylic acids is 2. The van der Waals surface area contributed by atoms with E-state index in [2.05, 4.69) is 15.2 Å². The van der Waals surface area contributed by atoms with Crippen molar-refractivity contribution >= 4 is 28.4 Å². The molecule has 2 amide bonds. The number of halogens is 1. The molecule has 3 atom stereocenters. The zero-order valence-corrected chi connectivity index (χ0v) is 22.3. The van der Waals surface area contributed by atoms with Gasteiger partial charge in [-0.05, 0) is 67.8 Å². The Bertz CT molecular complexity index is 1780. The second kappa shape index (κ2) is 9.36. The second-order valence-electron chi connectivity index (χ2n) is 10.9. The zero-order chi connectivity index (χ0) is 28.3. The Labute approximate surface area is 234 Å². The Morgan fingerprint density at radius 2 is 1.80 bits per heavy atom. The van der Waals surface area contributed by atoms with Crippen LogP contribution in [0, 0.1) is 30.0 Å². The number of rotatable bonds is 7. The van der Waals surface area contributed by atoms with Crippen LogP contribution in [0.5, 0.6) is 0 Å². The number of hydrogen-bond acceptors (Lipinski definition) is 6. The van der Waals surface area contributed by atoms with Gasteiger partial charge < -0.3 is 15.2 Å². The van der Waals surface area contributed by atoms with E-state index in [1.54, 1.807) is 34.8 Å². The van der Waals surface area contributed by atoms with Crippen LogP contribution in [0.3, 0.4) is 0 Å². The number of nitrogens with zero attached hydrogens (tertiary/aromatic N) is 5. The lowest BCUT2D eigenvalue weighted by molar-refractivity contribution is -0.127. The maximum Gasteiger partial charge on any atom is 0.231 e. The van der Waals surface area contributed by atoms with Gasteiger partial charge in [-0.25, -0.2) is 9.07 Å². The molecule has 206 valence electrons. The molecule has 7 rings (SSSR count). The Balaban J connectivity index is 1.36. The average Bonchev–Trinajstić information content (AvgIpc) is 3.37. The van der Waals surface area contributed by atoms with Gasteiger partial charge in [-0.3, -0.25) is 9.59 Å². The van der Waals surface area contributed by atoms with Gasteiger partial charge in [0, 0.05) is 23.4 Å². The molecule has 0 bridgehead atoms. The minimum Gasteiger partial charge on any atom is -0.369 e. The van der Waals surface area contributed by atoms with Gasteiger partial charge in [0.1, 0.15) is 5.82 Å². The summed E-state index contributed by atoms with van der Waals surface area (Å²) in [5.74, 6) is -0.976. The quantitative estimate of drug-likeness (QED) is 0.314. The van der Waals surface area contributed by atoms with Gasteiger partial charge >= 0.3 is 0 Å². The van der Waals surface area contributed by atoms with E-state index in [9.17, 15) is 14.0 Å². The van der Waals surface area contributed by atoms with E-state index in [1.165, 1.54) is 12.1 Å². The first-order valence-electron chi connectivity index (χ1n) is 13.6. The molecular formula is C31H27FN6O3. The standard InChI is InChI=1S/C31H27FN6O3/c1-18-35-26(41-36-18)16-24-27(31(13-14-31)30(33)40)28(19-5-3-2-4-6-19)37(29(24)39)23-11-12-25-20(15-23)17-34-38(25)22-9-7-21(32)8-10-22/h2-12,15,17,24,27-28H,13-14,16H2,1H3,(H2,33,40)/t24-,27+,28-/m0/s1. The smallest absolute Gasteiger partial charge is 0.231 e. The summed E-state index contributed by atoms with van der Waals surface area (Å²) in [5, 5.41) is 9.25. The van der Waals surface area contributed by atoms with Crippen molar-refractivity contribution in [3.63, 3.8) is 0 Å². The number of fused-ring (bicyclic) bond motifs is 1. The van der Waals surface area contributed by atoms with Crippen LogP contribution in [0.1, 0.15) is 36.2 Å². The predicted molar refractivity (Wildman–Crippen MR) is 148 cm³/mol. The molecule has 10 heteroatoms. The highest BCUT2D eigenvalue weighted by Crippen LogP contribution is 2.63. The minimum atomic E-state index is -0.803. The minimum absolute atomic E-state index is 0.127. The molecule has 1 saturated heterocycles. The van der Waals surface area contributed by atoms with Gasteiger partial charge in [0.25, 0.3) is 0 Å². The molecule has 2 N–H and O–H groups in total. The Morgan fingerprint density at radius 1 is 1.07 bits per heavy atom. The normalized spacial score (nSPS) is 21.5. The third-order valence-electron chi connectivity index (χ3n) is 8.53. The lowest BCUT2D eigenvalue weighted by Crippen LogP contribution is -2.38. The van der Waals surface area contributed by atoms with Crippen molar-refractivity contribution in [2.45, 2.75) is 32.2 Å². The average molecular weight is 551 g/mol. The molecule has 41 heavy (non-hydrogen) atoms. The van der Waals surface area contributed by atoms with E-state index in [0.717, 1.165) is 22.2 Å². The van der Waals surface area contributed by atoms with Crippen molar-refractivity contribution in [1.29, 1.82) is 0 Å². The van der Waals surface area contributed by atoms with Crippen LogP contribution in [0.15, 0.2) is 83.5 Å². The molecule has 1 aliphatic carbocycles. The van der Waals surface area contributed by atoms with E-state index in [4.69, 9.17) is 10.3 Å². The highest BCUT2D eigenvalue weighted by atomic mass is 19.1. The highest BCUT2D eigenvalue weighted by molar-refractivity contribution is 6.02. The fourth-order valence-electron chi connectivity index (χ4n) is 6.49. The number of anilines is 1. The van der Waals surface area contributed by atoms with Gasteiger partial charge in [0.2, 0.25) is 17.7 Å². The number of nitrogens with two attached hydrogens (primary N) is 1. The molecule has 3 heterocycles. The van der Waals surface area contributed by atoms with Crippen molar-refractivity contribution in [1.82, 2.24) is 19.9 Å². The van der Waals surface area contributed by atoms with Crippen LogP contribution in [-0.4, -0.2) is 31.7 Å². The maximum atomic E-state index is 14.4. The van der Waals surface area contributed by atoms with E-state index in [0.29, 0.717) is 30.2 Å². The summed E-state index contributed by atoms with van der Waals surface area (Å²) in [7, 11) is 0. The second-order valence-corrected chi connectivity index (χ2v) is 10.9. The molecule has 5 aromatic rings. The first-order valence-corrected chi connectivity index (χ1v) is 13.6. The summed E-state index contributed by atoms with van der Waals surface area (Å²) >= 11 is 0. The van der Waals surface area contributed by atoms with Crippen LogP contribution in [0.2, 0.25) is 0 Å². The Kier molecular flexibility index (Phi) is 5.74. The molecule has 2 aliphatic rings. The van der Waals surface area contributed by atoms with Crippen molar-refractivity contribution in [3.05, 3.63) is 102 Å². The van der Waals surface area contributed by atoms with E-state index >= 15 is 0 Å². The summed E-state index contributed by atoms with van der Waals surface area (Å²) in [6.07, 6.45) is 3.19. The number of primary amides is 1. The number of amides is 2. The lowest BCUT2D eigenvalue weighted by Gasteiger charge is -2.33. The van der Waals surface area contributed by atoms with Crippen LogP contribution in [0.4, 0.5) is 10.1 Å². The highest BCUT2D eigenvalue weighted by Gasteiger charge is 2.65. The monoisotopic (exact) mass is 550 g/mol. The topological polar surface area (TPSA) is 120 Å². The fraction of sp³-hybridized carbons (Fsp3) is 0.258. The zero-order valence-electron chi connectivity index (χ0n) is 22.3. The van der Waals surface area contributed by atoms with Gasteiger partial charge in [-0.2, -0.15) is 10.1 Å². The summed E-state index contributed by atoms with van der Waals surface area (Å²) < 4.78 is 20.7. The molecule has 1 aliphatic heterocycles. The summed E-state index contributed by atoms with van der Waals surface area (Å²) in [6, 6.07) is 21.2. The van der Waals surface area contributed by atoms with Crippen LogP contribution in [-0.2, 0) is 16.0 Å². The van der Waals surface area contributed by atoms with E-state index < -0.39 is 17.4 Å². The molecule has 9 nitrogen and oxygen atoms in total. The number of aromatic nitrogens is 4. The van der Waals surface area contributed by atoms with Crippen molar-refractivity contribution < 1.29 is 18.5 Å². The number of aryl methyl sites for hydroxylation is 1. The Hall–Kier alpha value is -4.86. The van der Waals surface area contributed by atoms with Gasteiger partial charge in [0.05, 0.1) is 34.8 Å². The summed E-state index contributed by atoms with van der Waals surface area (Å²) in [4.78, 5) is 33.5. The molecular weight excluding hydrogens is 523 g/mol. The number of benzene rings is 3. The third kappa shape index (κ3) is 4.09. The van der Waals surface area contributed by atoms with E-state index in [-0.39, 0.29) is 30.0 Å². The molecule has 0 radical (unpaired) electrons. The van der Waals surface area contributed by atoms with Crippen molar-refractivity contribution in [3.8, 4) is 5.69 Å². The van der Waals surface area contributed by atoms with Crippen LogP contribution >= 0.6 is 0 Å². The molecule has 1 saturated carbocycles. The van der Waals surface area contributed by atoms with Gasteiger partial charge in [-0.1, -0.05) is 35.5 Å². The first-order chi connectivity index (χ1) is 19.9. The van der Waals surface area contributed by atoms with Crippen LogP contribution < -0.4 is 10.6 Å². The number of carbonyl (C=O) groups is 2. The maximum absolute atomic E-state index is 14.4. The summed E-state index contributed by atoms with van der Waals surface area (Å²) in [5.41, 5.74) is 8.37. The predicted octanol–water partition coefficient (Wildman–Crippen LogP) is 4.68. The van der Waals surface area contributed by atoms with Crippen molar-refractivity contribution in [2.75, 3.05) is 4.90 Å². The SMILES string of the molecule is Cc1noc(C[C@@H]2C(=O)N(c3ccc4c(cnn4-c4ccc(F)cc4)c3)[C@@H](c3ccccc3)[C@@H]2C2(C(N)=O)CC2)n1. The molecule has 0 spiro atoms. The molecule has 2 aromatic heterocycles. The third-order valence-corrected chi connectivity index (χ3v) is 8.53. The van der Waals surface area contributed by atoms with Crippen molar-refractivity contribution in [2.24, 2.45) is 23.0 Å². The van der Waals surface area contributed by atoms with Crippen LogP contribution in [0.25, 0.3) is 16.6 Å². The van der Waals surface area contributed by atoms with Gasteiger partial charge in [0.15, 0.2) is 5.82 Å². The number of hydrogen-bond donors (Lipinski definition) is 1.